The standard InChI is InChI=1S/C24H27FN4O3/c1-16-6-7-17(13-21(16)25)14-23(30)26-19-8-9-22-27-29(24(31)28(22)11-10-19)15-18-4-3-5-20(12-18)32-2/h3-7,12-13,19H,8-11,14-15H2,1-2H3,(H,26,30). The number of rotatable bonds is 6. The van der Waals surface area contributed by atoms with Gasteiger partial charge in [0, 0.05) is 19.0 Å². The number of aryl methyl sites for hydroxylation is 2. The molecule has 2 heterocycles. The van der Waals surface area contributed by atoms with E-state index in [9.17, 15) is 14.0 Å². The van der Waals surface area contributed by atoms with E-state index in [2.05, 4.69) is 10.4 Å². The molecule has 32 heavy (non-hydrogen) atoms. The second kappa shape index (κ2) is 9.38. The molecular formula is C24H27FN4O3. The number of benzene rings is 2. The molecule has 1 aliphatic heterocycles. The first-order valence-electron chi connectivity index (χ1n) is 10.8. The van der Waals surface area contributed by atoms with Gasteiger partial charge >= 0.3 is 5.69 Å². The summed E-state index contributed by atoms with van der Waals surface area (Å²) in [5.74, 6) is 1.02. The first-order chi connectivity index (χ1) is 15.4. The Bertz CT molecular complexity index is 1180. The highest BCUT2D eigenvalue weighted by Gasteiger charge is 2.22. The third-order valence-corrected chi connectivity index (χ3v) is 5.85. The molecule has 1 amide bonds. The van der Waals surface area contributed by atoms with Crippen LogP contribution in [0.1, 0.15) is 35.4 Å². The summed E-state index contributed by atoms with van der Waals surface area (Å²) in [5, 5.41) is 7.56. The molecule has 1 aliphatic rings. The van der Waals surface area contributed by atoms with Crippen molar-refractivity contribution in [2.45, 2.75) is 51.7 Å². The number of ether oxygens (including phenoxy) is 1. The van der Waals surface area contributed by atoms with Crippen LogP contribution in [0.4, 0.5) is 4.39 Å². The molecule has 3 aromatic rings. The van der Waals surface area contributed by atoms with Crippen molar-refractivity contribution in [3.8, 4) is 5.75 Å². The molecule has 0 bridgehead atoms. The number of amides is 1. The molecule has 168 valence electrons. The Morgan fingerprint density at radius 1 is 1.22 bits per heavy atom. The SMILES string of the molecule is COc1cccc(Cn2nc3n(c2=O)CCC(NC(=O)Cc2ccc(C)c(F)c2)CC3)c1. The fourth-order valence-electron chi connectivity index (χ4n) is 4.03. The zero-order valence-electron chi connectivity index (χ0n) is 18.3. The van der Waals surface area contributed by atoms with Gasteiger partial charge in [0.1, 0.15) is 17.4 Å². The third kappa shape index (κ3) is 4.90. The molecule has 0 spiro atoms. The molecule has 0 saturated carbocycles. The number of carbonyl (C=O) groups excluding carboxylic acids is 1. The van der Waals surface area contributed by atoms with Crippen molar-refractivity contribution in [1.29, 1.82) is 0 Å². The van der Waals surface area contributed by atoms with E-state index in [4.69, 9.17) is 4.74 Å². The first kappa shape index (κ1) is 21.8. The second-order valence-electron chi connectivity index (χ2n) is 8.21. The predicted octanol–water partition coefficient (Wildman–Crippen LogP) is 2.61. The van der Waals surface area contributed by atoms with Crippen LogP contribution in [0.5, 0.6) is 5.75 Å². The number of carbonyl (C=O) groups is 1. The molecule has 0 saturated heterocycles. The summed E-state index contributed by atoms with van der Waals surface area (Å²) in [6, 6.07) is 12.4. The average Bonchev–Trinajstić information content (AvgIpc) is 2.93. The summed E-state index contributed by atoms with van der Waals surface area (Å²) in [4.78, 5) is 25.3. The van der Waals surface area contributed by atoms with Gasteiger partial charge in [0.25, 0.3) is 0 Å². The minimum atomic E-state index is -0.305. The van der Waals surface area contributed by atoms with Gasteiger partial charge in [-0.3, -0.25) is 9.36 Å². The van der Waals surface area contributed by atoms with Crippen LogP contribution in [0.15, 0.2) is 47.3 Å². The summed E-state index contributed by atoms with van der Waals surface area (Å²) >= 11 is 0. The third-order valence-electron chi connectivity index (χ3n) is 5.85. The lowest BCUT2D eigenvalue weighted by Crippen LogP contribution is -2.36. The average molecular weight is 439 g/mol. The zero-order valence-corrected chi connectivity index (χ0v) is 18.3. The number of aromatic nitrogens is 3. The molecule has 7 nitrogen and oxygen atoms in total. The van der Waals surface area contributed by atoms with E-state index in [1.54, 1.807) is 30.7 Å². The van der Waals surface area contributed by atoms with E-state index >= 15 is 0 Å². The minimum Gasteiger partial charge on any atom is -0.497 e. The maximum Gasteiger partial charge on any atom is 0.346 e. The number of halogens is 1. The summed E-state index contributed by atoms with van der Waals surface area (Å²) in [7, 11) is 1.61. The van der Waals surface area contributed by atoms with Gasteiger partial charge in [-0.25, -0.2) is 13.9 Å². The van der Waals surface area contributed by atoms with Crippen LogP contribution in [0.2, 0.25) is 0 Å². The Morgan fingerprint density at radius 3 is 2.84 bits per heavy atom. The van der Waals surface area contributed by atoms with Crippen molar-refractivity contribution in [1.82, 2.24) is 19.7 Å². The lowest BCUT2D eigenvalue weighted by molar-refractivity contribution is -0.121. The second-order valence-corrected chi connectivity index (χ2v) is 8.21. The number of nitrogens with one attached hydrogen (secondary N) is 1. The van der Waals surface area contributed by atoms with E-state index in [0.29, 0.717) is 43.5 Å². The molecular weight excluding hydrogens is 411 g/mol. The van der Waals surface area contributed by atoms with E-state index in [0.717, 1.165) is 17.1 Å². The van der Waals surface area contributed by atoms with Crippen LogP contribution in [0, 0.1) is 12.7 Å². The van der Waals surface area contributed by atoms with E-state index < -0.39 is 0 Å². The van der Waals surface area contributed by atoms with E-state index in [1.165, 1.54) is 10.7 Å². The quantitative estimate of drug-likeness (QED) is 0.642. The molecule has 8 heteroatoms. The molecule has 0 aliphatic carbocycles. The highest BCUT2D eigenvalue weighted by atomic mass is 19.1. The van der Waals surface area contributed by atoms with Gasteiger partial charge in [0.15, 0.2) is 0 Å². The molecule has 1 unspecified atom stereocenters. The number of methoxy groups -OCH3 is 1. The fourth-order valence-corrected chi connectivity index (χ4v) is 4.03. The van der Waals surface area contributed by atoms with Gasteiger partial charge in [-0.05, 0) is 54.7 Å². The topological polar surface area (TPSA) is 78.2 Å². The number of hydrogen-bond acceptors (Lipinski definition) is 4. The van der Waals surface area contributed by atoms with Crippen LogP contribution in [0.25, 0.3) is 0 Å². The van der Waals surface area contributed by atoms with Crippen molar-refractivity contribution in [3.63, 3.8) is 0 Å². The monoisotopic (exact) mass is 438 g/mol. The van der Waals surface area contributed by atoms with E-state index in [-0.39, 0.29) is 29.9 Å². The summed E-state index contributed by atoms with van der Waals surface area (Å²) < 4.78 is 22.1. The maximum absolute atomic E-state index is 13.7. The van der Waals surface area contributed by atoms with Crippen molar-refractivity contribution < 1.29 is 13.9 Å². The van der Waals surface area contributed by atoms with Crippen LogP contribution < -0.4 is 15.7 Å². The maximum atomic E-state index is 13.7. The van der Waals surface area contributed by atoms with Gasteiger partial charge in [-0.1, -0.05) is 24.3 Å². The van der Waals surface area contributed by atoms with Gasteiger partial charge < -0.3 is 10.1 Å². The van der Waals surface area contributed by atoms with Crippen molar-refractivity contribution >= 4 is 5.91 Å². The Morgan fingerprint density at radius 2 is 2.06 bits per heavy atom. The lowest BCUT2D eigenvalue weighted by atomic mass is 10.1. The Kier molecular flexibility index (Phi) is 6.39. The Hall–Kier alpha value is -3.42. The Labute approximate surface area is 185 Å². The smallest absolute Gasteiger partial charge is 0.346 e. The largest absolute Gasteiger partial charge is 0.497 e. The van der Waals surface area contributed by atoms with E-state index in [1.807, 2.05) is 24.3 Å². The molecule has 0 fully saturated rings. The zero-order chi connectivity index (χ0) is 22.7. The summed E-state index contributed by atoms with van der Waals surface area (Å²) in [6.45, 7) is 2.57. The predicted molar refractivity (Wildman–Crippen MR) is 118 cm³/mol. The van der Waals surface area contributed by atoms with Gasteiger partial charge in [-0.15, -0.1) is 0 Å². The number of fused-ring (bicyclic) bond motifs is 1. The van der Waals surface area contributed by atoms with Crippen LogP contribution in [-0.2, 0) is 30.7 Å². The molecule has 4 rings (SSSR count). The number of hydrogen-bond donors (Lipinski definition) is 1. The fraction of sp³-hybridized carbons (Fsp3) is 0.375. The van der Waals surface area contributed by atoms with Gasteiger partial charge in [0.05, 0.1) is 20.1 Å². The first-order valence-corrected chi connectivity index (χ1v) is 10.8. The van der Waals surface area contributed by atoms with Crippen molar-refractivity contribution in [2.24, 2.45) is 0 Å². The highest BCUT2D eigenvalue weighted by molar-refractivity contribution is 5.78. The van der Waals surface area contributed by atoms with Crippen molar-refractivity contribution in [3.05, 3.63) is 81.3 Å². The van der Waals surface area contributed by atoms with Gasteiger partial charge in [0.2, 0.25) is 5.91 Å². The summed E-state index contributed by atoms with van der Waals surface area (Å²) in [5.41, 5.74) is 2.00. The normalized spacial score (nSPS) is 15.7. The molecule has 1 aromatic heterocycles. The molecule has 0 radical (unpaired) electrons. The van der Waals surface area contributed by atoms with Gasteiger partial charge in [-0.2, -0.15) is 5.10 Å². The number of nitrogens with zero attached hydrogens (tertiary/aromatic N) is 3. The highest BCUT2D eigenvalue weighted by Crippen LogP contribution is 2.16. The molecule has 1 N–H and O–H groups in total. The van der Waals surface area contributed by atoms with Crippen LogP contribution in [0.3, 0.4) is 0 Å². The van der Waals surface area contributed by atoms with Crippen LogP contribution >= 0.6 is 0 Å². The van der Waals surface area contributed by atoms with Crippen molar-refractivity contribution in [2.75, 3.05) is 7.11 Å². The Balaban J connectivity index is 1.37. The minimum absolute atomic E-state index is 0.0503. The lowest BCUT2D eigenvalue weighted by Gasteiger charge is -2.16. The molecule has 2 aromatic carbocycles. The summed E-state index contributed by atoms with van der Waals surface area (Å²) in [6.07, 6.45) is 2.07. The van der Waals surface area contributed by atoms with Crippen LogP contribution in [-0.4, -0.2) is 33.4 Å². The molecule has 1 atom stereocenters.